The Labute approximate surface area is 156 Å². The number of halogens is 1. The fourth-order valence-electron chi connectivity index (χ4n) is 2.31. The summed E-state index contributed by atoms with van der Waals surface area (Å²) in [6, 6.07) is 8.08. The number of carbonyl (C=O) groups excluding carboxylic acids is 3. The number of benzene rings is 1. The molecule has 2 rings (SSSR count). The van der Waals surface area contributed by atoms with Crippen molar-refractivity contribution in [3.8, 4) is 0 Å². The van der Waals surface area contributed by atoms with Gasteiger partial charge in [-0.05, 0) is 49.7 Å². The Balaban J connectivity index is 2.00. The Bertz CT molecular complexity index is 824. The first-order valence-electron chi connectivity index (χ1n) is 8.05. The van der Waals surface area contributed by atoms with E-state index in [1.54, 1.807) is 51.1 Å². The molecule has 0 aliphatic heterocycles. The number of rotatable bonds is 6. The van der Waals surface area contributed by atoms with Gasteiger partial charge in [-0.15, -0.1) is 0 Å². The first-order valence-corrected chi connectivity index (χ1v) is 8.43. The number of nitrogens with one attached hydrogen (secondary N) is 1. The molecule has 7 heteroatoms. The van der Waals surface area contributed by atoms with E-state index in [2.05, 4.69) is 10.3 Å². The van der Waals surface area contributed by atoms with E-state index in [1.807, 2.05) is 0 Å². The zero-order valence-electron chi connectivity index (χ0n) is 14.8. The molecule has 0 aliphatic rings. The van der Waals surface area contributed by atoms with Crippen molar-refractivity contribution < 1.29 is 19.1 Å². The number of ether oxygens (including phenoxy) is 1. The summed E-state index contributed by atoms with van der Waals surface area (Å²) >= 11 is 6.00. The highest BCUT2D eigenvalue weighted by atomic mass is 35.5. The first kappa shape index (κ1) is 19.6. The number of anilines is 1. The molecule has 0 spiro atoms. The third kappa shape index (κ3) is 4.89. The summed E-state index contributed by atoms with van der Waals surface area (Å²) in [5.41, 5.74) is 2.45. The number of pyridine rings is 1. The second kappa shape index (κ2) is 8.58. The fraction of sp³-hybridized carbons (Fsp3) is 0.263. The number of aromatic nitrogens is 1. The summed E-state index contributed by atoms with van der Waals surface area (Å²) < 4.78 is 5.08. The number of aryl methyl sites for hydroxylation is 2. The van der Waals surface area contributed by atoms with Gasteiger partial charge in [0, 0.05) is 23.4 Å². The largest absolute Gasteiger partial charge is 0.454 e. The van der Waals surface area contributed by atoms with Crippen molar-refractivity contribution in [2.45, 2.75) is 27.2 Å². The lowest BCUT2D eigenvalue weighted by atomic mass is 10.1. The normalized spacial score (nSPS) is 10.3. The van der Waals surface area contributed by atoms with Gasteiger partial charge in [0.15, 0.2) is 12.4 Å². The highest BCUT2D eigenvalue weighted by molar-refractivity contribution is 6.32. The van der Waals surface area contributed by atoms with Gasteiger partial charge in [-0.1, -0.05) is 18.5 Å². The molecule has 0 fully saturated rings. The molecule has 1 amide bonds. The van der Waals surface area contributed by atoms with Crippen LogP contribution >= 0.6 is 11.6 Å². The number of esters is 1. The molecule has 1 heterocycles. The Morgan fingerprint density at radius 2 is 1.81 bits per heavy atom. The molecule has 2 aromatic rings. The summed E-state index contributed by atoms with van der Waals surface area (Å²) in [5.74, 6) is -1.17. The van der Waals surface area contributed by atoms with Gasteiger partial charge in [0.2, 0.25) is 5.91 Å². The lowest BCUT2D eigenvalue weighted by Gasteiger charge is -2.09. The van der Waals surface area contributed by atoms with Crippen LogP contribution in [0, 0.1) is 13.8 Å². The van der Waals surface area contributed by atoms with Crippen molar-refractivity contribution in [2.75, 3.05) is 11.9 Å². The number of Topliss-reactive ketones (excluding diaryl/α,β-unsaturated/α-hetero) is 1. The highest BCUT2D eigenvalue weighted by Gasteiger charge is 2.18. The van der Waals surface area contributed by atoms with Gasteiger partial charge in [-0.2, -0.15) is 0 Å². The Morgan fingerprint density at radius 1 is 1.15 bits per heavy atom. The number of ketones is 1. The van der Waals surface area contributed by atoms with Crippen molar-refractivity contribution in [1.82, 2.24) is 4.98 Å². The zero-order chi connectivity index (χ0) is 19.3. The molecule has 0 saturated heterocycles. The summed E-state index contributed by atoms with van der Waals surface area (Å²) in [6.45, 7) is 4.83. The van der Waals surface area contributed by atoms with Crippen molar-refractivity contribution in [1.29, 1.82) is 0 Å². The number of hydrogen-bond donors (Lipinski definition) is 1. The zero-order valence-corrected chi connectivity index (χ0v) is 15.5. The van der Waals surface area contributed by atoms with Crippen molar-refractivity contribution in [2.24, 2.45) is 0 Å². The van der Waals surface area contributed by atoms with Gasteiger partial charge in [0.05, 0.1) is 5.56 Å². The van der Waals surface area contributed by atoms with Gasteiger partial charge >= 0.3 is 5.97 Å². The molecular weight excluding hydrogens is 356 g/mol. The van der Waals surface area contributed by atoms with E-state index in [9.17, 15) is 14.4 Å². The fourth-order valence-corrected chi connectivity index (χ4v) is 2.67. The van der Waals surface area contributed by atoms with Crippen LogP contribution in [-0.4, -0.2) is 29.3 Å². The van der Waals surface area contributed by atoms with Crippen LogP contribution < -0.4 is 5.32 Å². The Hall–Kier alpha value is -2.73. The molecular formula is C19H19ClN2O4. The summed E-state index contributed by atoms with van der Waals surface area (Å²) in [5, 5.41) is 2.74. The standard InChI is InChI=1S/C19H19ClN2O4/c1-4-16(24)22-14-7-5-13(6-8-14)15(23)10-26-19(25)17-11(2)9-12(3)21-18(17)20/h5-9H,4,10H2,1-3H3,(H,22,24). The van der Waals surface area contributed by atoms with Gasteiger partial charge in [0.1, 0.15) is 5.15 Å². The Kier molecular flexibility index (Phi) is 6.46. The van der Waals surface area contributed by atoms with Crippen LogP contribution in [0.5, 0.6) is 0 Å². The number of hydrogen-bond acceptors (Lipinski definition) is 5. The molecule has 0 radical (unpaired) electrons. The van der Waals surface area contributed by atoms with E-state index in [0.717, 1.165) is 0 Å². The molecule has 1 aromatic carbocycles. The maximum Gasteiger partial charge on any atom is 0.342 e. The van der Waals surface area contributed by atoms with Crippen LogP contribution in [0.2, 0.25) is 5.15 Å². The van der Waals surface area contributed by atoms with Gasteiger partial charge in [0.25, 0.3) is 0 Å². The van der Waals surface area contributed by atoms with E-state index in [1.165, 1.54) is 0 Å². The predicted molar refractivity (Wildman–Crippen MR) is 98.7 cm³/mol. The third-order valence-electron chi connectivity index (χ3n) is 3.65. The lowest BCUT2D eigenvalue weighted by molar-refractivity contribution is -0.115. The second-order valence-electron chi connectivity index (χ2n) is 5.72. The van der Waals surface area contributed by atoms with Crippen molar-refractivity contribution >= 4 is 34.9 Å². The van der Waals surface area contributed by atoms with Crippen LogP contribution in [0.25, 0.3) is 0 Å². The lowest BCUT2D eigenvalue weighted by Crippen LogP contribution is -2.16. The van der Waals surface area contributed by atoms with Crippen LogP contribution in [0.4, 0.5) is 5.69 Å². The van der Waals surface area contributed by atoms with E-state index < -0.39 is 12.6 Å². The maximum absolute atomic E-state index is 12.2. The van der Waals surface area contributed by atoms with Crippen molar-refractivity contribution in [3.63, 3.8) is 0 Å². The van der Waals surface area contributed by atoms with Crippen molar-refractivity contribution in [3.05, 3.63) is 57.9 Å². The molecule has 0 saturated carbocycles. The minimum Gasteiger partial charge on any atom is -0.454 e. The molecule has 0 atom stereocenters. The molecule has 0 unspecified atom stereocenters. The number of amides is 1. The first-order chi connectivity index (χ1) is 12.3. The van der Waals surface area contributed by atoms with E-state index in [0.29, 0.717) is 28.9 Å². The summed E-state index contributed by atoms with van der Waals surface area (Å²) in [7, 11) is 0. The molecule has 0 aliphatic carbocycles. The highest BCUT2D eigenvalue weighted by Crippen LogP contribution is 2.20. The van der Waals surface area contributed by atoms with Gasteiger partial charge < -0.3 is 10.1 Å². The van der Waals surface area contributed by atoms with Gasteiger partial charge in [-0.3, -0.25) is 9.59 Å². The monoisotopic (exact) mass is 374 g/mol. The minimum atomic E-state index is -0.694. The van der Waals surface area contributed by atoms with E-state index >= 15 is 0 Å². The topological polar surface area (TPSA) is 85.4 Å². The minimum absolute atomic E-state index is 0.0518. The van der Waals surface area contributed by atoms with Crippen LogP contribution in [0.15, 0.2) is 30.3 Å². The smallest absolute Gasteiger partial charge is 0.342 e. The molecule has 26 heavy (non-hydrogen) atoms. The molecule has 1 aromatic heterocycles. The quantitative estimate of drug-likeness (QED) is 0.473. The predicted octanol–water partition coefficient (Wildman–Crippen LogP) is 3.74. The van der Waals surface area contributed by atoms with E-state index in [-0.39, 0.29) is 22.4 Å². The number of nitrogens with zero attached hydrogens (tertiary/aromatic N) is 1. The summed E-state index contributed by atoms with van der Waals surface area (Å²) in [4.78, 5) is 39.7. The second-order valence-corrected chi connectivity index (χ2v) is 6.08. The van der Waals surface area contributed by atoms with Crippen LogP contribution in [-0.2, 0) is 9.53 Å². The summed E-state index contributed by atoms with van der Waals surface area (Å²) in [6.07, 6.45) is 0.368. The van der Waals surface area contributed by atoms with Gasteiger partial charge in [-0.25, -0.2) is 9.78 Å². The van der Waals surface area contributed by atoms with E-state index in [4.69, 9.17) is 16.3 Å². The average Bonchev–Trinajstić information content (AvgIpc) is 2.59. The Morgan fingerprint density at radius 3 is 2.38 bits per heavy atom. The molecule has 1 N–H and O–H groups in total. The average molecular weight is 375 g/mol. The maximum atomic E-state index is 12.2. The molecule has 6 nitrogen and oxygen atoms in total. The van der Waals surface area contributed by atoms with Crippen LogP contribution in [0.3, 0.4) is 0 Å². The molecule has 136 valence electrons. The number of carbonyl (C=O) groups is 3. The SMILES string of the molecule is CCC(=O)Nc1ccc(C(=O)COC(=O)c2c(C)cc(C)nc2Cl)cc1. The third-order valence-corrected chi connectivity index (χ3v) is 3.92. The van der Waals surface area contributed by atoms with Crippen LogP contribution in [0.1, 0.15) is 45.3 Å². The molecule has 0 bridgehead atoms.